The maximum Gasteiger partial charge on any atom is 0.260 e. The maximum absolute atomic E-state index is 12.7. The highest BCUT2D eigenvalue weighted by Gasteiger charge is 2.24. The number of imidazole rings is 1. The molecule has 1 saturated heterocycles. The van der Waals surface area contributed by atoms with E-state index >= 15 is 0 Å². The number of aromatic nitrogens is 3. The zero-order valence-corrected chi connectivity index (χ0v) is 13.2. The second kappa shape index (κ2) is 6.03. The number of nitrogens with one attached hydrogen (secondary N) is 3. The number of amides is 1. The van der Waals surface area contributed by atoms with Crippen molar-refractivity contribution in [3.63, 3.8) is 0 Å². The van der Waals surface area contributed by atoms with Crippen LogP contribution in [0.5, 0.6) is 0 Å². The summed E-state index contributed by atoms with van der Waals surface area (Å²) < 4.78 is 1.88. The zero-order valence-electron chi connectivity index (χ0n) is 13.2. The van der Waals surface area contributed by atoms with Gasteiger partial charge in [0.2, 0.25) is 0 Å². The molecule has 3 aromatic rings. The minimum Gasteiger partial charge on any atom is -0.306 e. The zero-order chi connectivity index (χ0) is 16.5. The van der Waals surface area contributed by atoms with E-state index in [2.05, 4.69) is 33.1 Å². The summed E-state index contributed by atoms with van der Waals surface area (Å²) in [5.74, 6) is 0.303. The van der Waals surface area contributed by atoms with Gasteiger partial charge in [0.05, 0.1) is 5.56 Å². The molecule has 3 N–H and O–H groups in total. The highest BCUT2D eigenvalue weighted by atomic mass is 16.1. The van der Waals surface area contributed by atoms with E-state index in [0.717, 1.165) is 12.0 Å². The number of carbonyl (C=O) groups is 1. The number of anilines is 1. The Kier molecular flexibility index (Phi) is 3.72. The first-order chi connectivity index (χ1) is 11.7. The van der Waals surface area contributed by atoms with E-state index in [-0.39, 0.29) is 11.9 Å². The fourth-order valence-electron chi connectivity index (χ4n) is 2.97. The topological polar surface area (TPSA) is 83.4 Å². The molecule has 2 atom stereocenters. The molecule has 24 heavy (non-hydrogen) atoms. The predicted molar refractivity (Wildman–Crippen MR) is 90.5 cm³/mol. The first-order valence-electron chi connectivity index (χ1n) is 7.91. The van der Waals surface area contributed by atoms with Crippen LogP contribution in [0.25, 0.3) is 5.65 Å². The van der Waals surface area contributed by atoms with Gasteiger partial charge in [-0.1, -0.05) is 6.07 Å². The fraction of sp³-hybridized carbons (Fsp3) is 0.235. The molecular weight excluding hydrogens is 304 g/mol. The summed E-state index contributed by atoms with van der Waals surface area (Å²) in [6, 6.07) is 7.85. The van der Waals surface area contributed by atoms with Gasteiger partial charge in [0.15, 0.2) is 0 Å². The Balaban J connectivity index is 1.70. The molecule has 4 rings (SSSR count). The van der Waals surface area contributed by atoms with Gasteiger partial charge in [-0.25, -0.2) is 15.4 Å². The lowest BCUT2D eigenvalue weighted by Gasteiger charge is -2.13. The molecule has 1 aliphatic rings. The van der Waals surface area contributed by atoms with Crippen LogP contribution in [-0.2, 0) is 0 Å². The molecule has 4 heterocycles. The second-order valence-corrected chi connectivity index (χ2v) is 5.99. The molecule has 1 amide bonds. The number of hydrazine groups is 1. The molecule has 7 heteroatoms. The minimum absolute atomic E-state index is 0.160. The van der Waals surface area contributed by atoms with Crippen molar-refractivity contribution in [2.45, 2.75) is 25.4 Å². The number of hydrogen-bond acceptors (Lipinski definition) is 5. The summed E-state index contributed by atoms with van der Waals surface area (Å²) in [4.78, 5) is 21.2. The van der Waals surface area contributed by atoms with Gasteiger partial charge in [0, 0.05) is 36.9 Å². The molecule has 122 valence electrons. The largest absolute Gasteiger partial charge is 0.306 e. The first-order valence-corrected chi connectivity index (χ1v) is 7.91. The van der Waals surface area contributed by atoms with Gasteiger partial charge in [-0.05, 0) is 37.1 Å². The summed E-state index contributed by atoms with van der Waals surface area (Å²) in [6.07, 6.45) is 8.16. The molecule has 1 fully saturated rings. The quantitative estimate of drug-likeness (QED) is 0.686. The molecule has 1 aliphatic heterocycles. The summed E-state index contributed by atoms with van der Waals surface area (Å²) >= 11 is 0. The van der Waals surface area contributed by atoms with Crippen LogP contribution in [0, 0.1) is 0 Å². The maximum atomic E-state index is 12.7. The van der Waals surface area contributed by atoms with Crippen molar-refractivity contribution in [2.75, 3.05) is 5.32 Å². The molecule has 0 spiro atoms. The summed E-state index contributed by atoms with van der Waals surface area (Å²) in [5.41, 5.74) is 8.69. The molecule has 0 radical (unpaired) electrons. The van der Waals surface area contributed by atoms with E-state index in [4.69, 9.17) is 0 Å². The van der Waals surface area contributed by atoms with Gasteiger partial charge >= 0.3 is 0 Å². The predicted octanol–water partition coefficient (Wildman–Crippen LogP) is 1.91. The SMILES string of the molecule is CC1CC(c2cc(C(=O)Nc3ccccn3)c3nccn3c2)NN1. The Labute approximate surface area is 139 Å². The number of pyridine rings is 2. The molecule has 2 unspecified atom stereocenters. The van der Waals surface area contributed by atoms with Crippen molar-refractivity contribution < 1.29 is 4.79 Å². The second-order valence-electron chi connectivity index (χ2n) is 5.99. The van der Waals surface area contributed by atoms with Crippen LogP contribution in [0.4, 0.5) is 5.82 Å². The molecule has 3 aromatic heterocycles. The number of hydrogen-bond donors (Lipinski definition) is 3. The lowest BCUT2D eigenvalue weighted by Crippen LogP contribution is -2.29. The van der Waals surface area contributed by atoms with Crippen LogP contribution in [-0.4, -0.2) is 26.3 Å². The highest BCUT2D eigenvalue weighted by Crippen LogP contribution is 2.24. The Morgan fingerprint density at radius 3 is 2.96 bits per heavy atom. The minimum atomic E-state index is -0.217. The van der Waals surface area contributed by atoms with Crippen LogP contribution < -0.4 is 16.2 Å². The third kappa shape index (κ3) is 2.75. The number of nitrogens with zero attached hydrogens (tertiary/aromatic N) is 3. The normalized spacial score (nSPS) is 20.4. The van der Waals surface area contributed by atoms with Crippen LogP contribution in [0.2, 0.25) is 0 Å². The standard InChI is InChI=1S/C17H18N6O/c1-11-8-14(22-21-11)12-9-13(16-19-6-7-23(16)10-12)17(24)20-15-4-2-3-5-18-15/h2-7,9-11,14,21-22H,8H2,1H3,(H,18,20,24). The lowest BCUT2D eigenvalue weighted by atomic mass is 10.0. The average molecular weight is 322 g/mol. The van der Waals surface area contributed by atoms with Crippen molar-refractivity contribution in [2.24, 2.45) is 0 Å². The molecule has 0 aliphatic carbocycles. The molecule has 0 bridgehead atoms. The van der Waals surface area contributed by atoms with Crippen molar-refractivity contribution in [3.05, 3.63) is 60.2 Å². The van der Waals surface area contributed by atoms with E-state index in [0.29, 0.717) is 23.1 Å². The monoisotopic (exact) mass is 322 g/mol. The van der Waals surface area contributed by atoms with Gasteiger partial charge in [-0.3, -0.25) is 10.2 Å². The third-order valence-corrected chi connectivity index (χ3v) is 4.16. The Morgan fingerprint density at radius 1 is 1.29 bits per heavy atom. The Bertz CT molecular complexity index is 875. The van der Waals surface area contributed by atoms with Crippen molar-refractivity contribution >= 4 is 17.4 Å². The lowest BCUT2D eigenvalue weighted by molar-refractivity contribution is 0.102. The molecule has 7 nitrogen and oxygen atoms in total. The van der Waals surface area contributed by atoms with Crippen molar-refractivity contribution in [1.82, 2.24) is 25.2 Å². The average Bonchev–Trinajstić information content (AvgIpc) is 3.23. The van der Waals surface area contributed by atoms with Crippen molar-refractivity contribution in [3.8, 4) is 0 Å². The van der Waals surface area contributed by atoms with Crippen LogP contribution >= 0.6 is 0 Å². The number of rotatable bonds is 3. The van der Waals surface area contributed by atoms with Crippen molar-refractivity contribution in [1.29, 1.82) is 0 Å². The molecular formula is C17H18N6O. The van der Waals surface area contributed by atoms with Gasteiger partial charge in [0.1, 0.15) is 11.5 Å². The van der Waals surface area contributed by atoms with Gasteiger partial charge < -0.3 is 9.72 Å². The van der Waals surface area contributed by atoms with Crippen LogP contribution in [0.3, 0.4) is 0 Å². The van der Waals surface area contributed by atoms with Gasteiger partial charge in [-0.2, -0.15) is 0 Å². The Hall–Kier alpha value is -2.77. The summed E-state index contributed by atoms with van der Waals surface area (Å²) in [5, 5.41) is 2.83. The van der Waals surface area contributed by atoms with Gasteiger partial charge in [0.25, 0.3) is 5.91 Å². The van der Waals surface area contributed by atoms with Crippen LogP contribution in [0.15, 0.2) is 49.1 Å². The molecule has 0 aromatic carbocycles. The van der Waals surface area contributed by atoms with E-state index in [1.54, 1.807) is 18.5 Å². The first kappa shape index (κ1) is 14.8. The van der Waals surface area contributed by atoms with E-state index in [1.807, 2.05) is 35.0 Å². The number of fused-ring (bicyclic) bond motifs is 1. The Morgan fingerprint density at radius 2 is 2.21 bits per heavy atom. The van der Waals surface area contributed by atoms with E-state index < -0.39 is 0 Å². The fourth-order valence-corrected chi connectivity index (χ4v) is 2.97. The number of carbonyl (C=O) groups excluding carboxylic acids is 1. The molecule has 0 saturated carbocycles. The van der Waals surface area contributed by atoms with E-state index in [1.165, 1.54) is 0 Å². The van der Waals surface area contributed by atoms with Gasteiger partial charge in [-0.15, -0.1) is 0 Å². The van der Waals surface area contributed by atoms with E-state index in [9.17, 15) is 4.79 Å². The smallest absolute Gasteiger partial charge is 0.260 e. The highest BCUT2D eigenvalue weighted by molar-refractivity contribution is 6.08. The van der Waals surface area contributed by atoms with Crippen LogP contribution in [0.1, 0.15) is 35.3 Å². The summed E-state index contributed by atoms with van der Waals surface area (Å²) in [7, 11) is 0. The summed E-state index contributed by atoms with van der Waals surface area (Å²) in [6.45, 7) is 2.12. The third-order valence-electron chi connectivity index (χ3n) is 4.16.